The molecule has 3 aromatic rings. The van der Waals surface area contributed by atoms with Crippen molar-refractivity contribution in [2.24, 2.45) is 0 Å². The number of carbonyl (C=O) groups excluding carboxylic acids is 2. The lowest BCUT2D eigenvalue weighted by molar-refractivity contribution is -0.125. The molecule has 2 fully saturated rings. The molecule has 5 rings (SSSR count). The lowest BCUT2D eigenvalue weighted by Crippen LogP contribution is -2.35. The summed E-state index contributed by atoms with van der Waals surface area (Å²) in [5.74, 6) is -0.459. The lowest BCUT2D eigenvalue weighted by atomic mass is 10.1. The zero-order valence-corrected chi connectivity index (χ0v) is 23.2. The molecular formula is C30H27N3O2S3. The lowest BCUT2D eigenvalue weighted by Gasteiger charge is -2.21. The smallest absolute Gasteiger partial charge is 0.278 e. The van der Waals surface area contributed by atoms with Crippen LogP contribution in [0.5, 0.6) is 0 Å². The Morgan fingerprint density at radius 1 is 0.553 bits per heavy atom. The number of thioether (sulfide) groups is 1. The van der Waals surface area contributed by atoms with Crippen molar-refractivity contribution in [2.45, 2.75) is 19.3 Å². The van der Waals surface area contributed by atoms with E-state index in [1.165, 1.54) is 11.8 Å². The number of rotatable bonds is 9. The van der Waals surface area contributed by atoms with E-state index in [1.54, 1.807) is 9.80 Å². The molecule has 0 radical (unpaired) electrons. The normalized spacial score (nSPS) is 17.7. The van der Waals surface area contributed by atoms with Crippen molar-refractivity contribution in [3.05, 3.63) is 118 Å². The third-order valence-corrected chi connectivity index (χ3v) is 8.52. The summed E-state index contributed by atoms with van der Waals surface area (Å²) in [6, 6.07) is 30.1. The summed E-state index contributed by atoms with van der Waals surface area (Å²) in [6.07, 6.45) is 2.05. The number of hydrogen-bond acceptors (Lipinski definition) is 5. The summed E-state index contributed by atoms with van der Waals surface area (Å²) in [6.45, 7) is 1.41. The third-order valence-electron chi connectivity index (χ3n) is 6.64. The predicted molar refractivity (Wildman–Crippen MR) is 160 cm³/mol. The van der Waals surface area contributed by atoms with E-state index < -0.39 is 0 Å². The largest absolute Gasteiger partial charge is 0.312 e. The molecule has 8 heteroatoms. The van der Waals surface area contributed by atoms with Gasteiger partial charge in [-0.1, -0.05) is 115 Å². The van der Waals surface area contributed by atoms with Gasteiger partial charge in [0.05, 0.1) is 0 Å². The van der Waals surface area contributed by atoms with Gasteiger partial charge in [-0.2, -0.15) is 0 Å². The van der Waals surface area contributed by atoms with E-state index in [-0.39, 0.29) is 11.8 Å². The summed E-state index contributed by atoms with van der Waals surface area (Å²) < 4.78 is 0.470. The van der Waals surface area contributed by atoms with Crippen LogP contribution in [0.15, 0.2) is 102 Å². The van der Waals surface area contributed by atoms with Gasteiger partial charge in [-0.15, -0.1) is 0 Å². The molecule has 5 nitrogen and oxygen atoms in total. The van der Waals surface area contributed by atoms with Crippen molar-refractivity contribution in [2.75, 3.05) is 19.6 Å². The summed E-state index contributed by atoms with van der Waals surface area (Å²) in [7, 11) is 0. The highest BCUT2D eigenvalue weighted by molar-refractivity contribution is 8.26. The monoisotopic (exact) mass is 557 g/mol. The van der Waals surface area contributed by atoms with Gasteiger partial charge in [0.15, 0.2) is 5.11 Å². The zero-order chi connectivity index (χ0) is 26.5. The van der Waals surface area contributed by atoms with Crippen molar-refractivity contribution in [3.63, 3.8) is 0 Å². The Morgan fingerprint density at radius 3 is 1.45 bits per heavy atom. The molecule has 0 spiro atoms. The average Bonchev–Trinajstić information content (AvgIpc) is 3.36. The second-order valence-electron chi connectivity index (χ2n) is 9.10. The SMILES string of the molecule is O=C1/C(=C2/C(=O)N(CCc3ccccc3)C(=S)N2CCc2ccccc2)SC(=S)N1CCc1ccccc1. The quantitative estimate of drug-likeness (QED) is 0.266. The van der Waals surface area contributed by atoms with Crippen LogP contribution in [-0.2, 0) is 28.9 Å². The Hall–Kier alpha value is -3.33. The van der Waals surface area contributed by atoms with Gasteiger partial charge in [-0.25, -0.2) is 0 Å². The Morgan fingerprint density at radius 2 is 0.974 bits per heavy atom. The summed E-state index contributed by atoms with van der Waals surface area (Å²) in [5, 5.41) is 0.436. The first-order chi connectivity index (χ1) is 18.5. The fourth-order valence-electron chi connectivity index (χ4n) is 4.59. The minimum atomic E-state index is -0.234. The van der Waals surface area contributed by atoms with Gasteiger partial charge in [0.25, 0.3) is 11.8 Å². The van der Waals surface area contributed by atoms with Crippen molar-refractivity contribution >= 4 is 57.4 Å². The van der Waals surface area contributed by atoms with Gasteiger partial charge >= 0.3 is 0 Å². The molecule has 0 saturated carbocycles. The molecule has 2 aliphatic rings. The van der Waals surface area contributed by atoms with Crippen LogP contribution in [-0.4, -0.2) is 55.6 Å². The number of nitrogens with zero attached hydrogens (tertiary/aromatic N) is 3. The maximum Gasteiger partial charge on any atom is 0.278 e. The van der Waals surface area contributed by atoms with E-state index in [4.69, 9.17) is 24.4 Å². The number of amides is 2. The molecule has 0 N–H and O–H groups in total. The standard InChI is InChI=1S/C30H27N3O2S3/c34-27-25(26-28(35)33(30(37)38-26)21-18-24-14-8-3-9-15-24)31(19-16-22-10-4-1-5-11-22)29(36)32(27)20-17-23-12-6-2-7-13-23/h1-15H,16-21H2/b26-25+. The molecule has 2 heterocycles. The second kappa shape index (κ2) is 12.0. The zero-order valence-electron chi connectivity index (χ0n) is 20.8. The molecule has 2 saturated heterocycles. The van der Waals surface area contributed by atoms with Gasteiger partial charge < -0.3 is 4.90 Å². The topological polar surface area (TPSA) is 43.9 Å². The number of benzene rings is 3. The fourth-order valence-corrected chi connectivity index (χ4v) is 6.32. The van der Waals surface area contributed by atoms with Crippen LogP contribution in [0, 0.1) is 0 Å². The molecular weight excluding hydrogens is 531 g/mol. The molecule has 0 aromatic heterocycles. The van der Waals surface area contributed by atoms with E-state index in [0.717, 1.165) is 16.7 Å². The number of hydrogen-bond donors (Lipinski definition) is 0. The van der Waals surface area contributed by atoms with Crippen LogP contribution < -0.4 is 0 Å². The van der Waals surface area contributed by atoms with Crippen LogP contribution in [0.3, 0.4) is 0 Å². The Balaban J connectivity index is 1.40. The van der Waals surface area contributed by atoms with Gasteiger partial charge in [-0.05, 0) is 48.2 Å². The highest BCUT2D eigenvalue weighted by atomic mass is 32.2. The molecule has 0 aliphatic carbocycles. The number of thiocarbonyl (C=S) groups is 2. The molecule has 2 aliphatic heterocycles. The second-order valence-corrected chi connectivity index (χ2v) is 11.1. The van der Waals surface area contributed by atoms with E-state index in [9.17, 15) is 9.59 Å². The van der Waals surface area contributed by atoms with E-state index >= 15 is 0 Å². The van der Waals surface area contributed by atoms with Crippen LogP contribution in [0.25, 0.3) is 0 Å². The van der Waals surface area contributed by atoms with Crippen LogP contribution in [0.4, 0.5) is 0 Å². The van der Waals surface area contributed by atoms with Gasteiger partial charge in [0.1, 0.15) is 14.9 Å². The predicted octanol–water partition coefficient (Wildman–Crippen LogP) is 5.22. The highest BCUT2D eigenvalue weighted by Crippen LogP contribution is 2.38. The van der Waals surface area contributed by atoms with Crippen molar-refractivity contribution in [1.29, 1.82) is 0 Å². The van der Waals surface area contributed by atoms with Crippen LogP contribution in [0.1, 0.15) is 16.7 Å². The molecule has 192 valence electrons. The minimum Gasteiger partial charge on any atom is -0.312 e. The van der Waals surface area contributed by atoms with E-state index in [2.05, 4.69) is 12.1 Å². The molecule has 0 atom stereocenters. The first kappa shape index (κ1) is 26.3. The van der Waals surface area contributed by atoms with Crippen LogP contribution >= 0.6 is 36.2 Å². The molecule has 0 bridgehead atoms. The molecule has 3 aromatic carbocycles. The molecule has 0 unspecified atom stereocenters. The van der Waals surface area contributed by atoms with Crippen molar-refractivity contribution < 1.29 is 9.59 Å². The molecule has 38 heavy (non-hydrogen) atoms. The number of carbonyl (C=O) groups is 2. The van der Waals surface area contributed by atoms with Crippen LogP contribution in [0.2, 0.25) is 0 Å². The van der Waals surface area contributed by atoms with Gasteiger partial charge in [0.2, 0.25) is 0 Å². The molecule has 2 amide bonds. The minimum absolute atomic E-state index is 0.225. The Labute approximate surface area is 238 Å². The summed E-state index contributed by atoms with van der Waals surface area (Å²) >= 11 is 12.6. The van der Waals surface area contributed by atoms with E-state index in [0.29, 0.717) is 58.9 Å². The first-order valence-corrected chi connectivity index (χ1v) is 14.2. The van der Waals surface area contributed by atoms with Crippen molar-refractivity contribution in [1.82, 2.24) is 14.7 Å². The first-order valence-electron chi connectivity index (χ1n) is 12.6. The van der Waals surface area contributed by atoms with Gasteiger partial charge in [0, 0.05) is 19.6 Å². The van der Waals surface area contributed by atoms with E-state index in [1.807, 2.05) is 83.8 Å². The van der Waals surface area contributed by atoms with Gasteiger partial charge in [-0.3, -0.25) is 19.4 Å². The fraction of sp³-hybridized carbons (Fsp3) is 0.200. The highest BCUT2D eigenvalue weighted by Gasteiger charge is 2.45. The maximum absolute atomic E-state index is 13.8. The van der Waals surface area contributed by atoms with Crippen molar-refractivity contribution in [3.8, 4) is 0 Å². The Bertz CT molecular complexity index is 1380. The average molecular weight is 558 g/mol. The Kier molecular flexibility index (Phi) is 8.32. The maximum atomic E-state index is 13.8. The third kappa shape index (κ3) is 5.72. The summed E-state index contributed by atoms with van der Waals surface area (Å²) in [4.78, 5) is 32.8. The summed E-state index contributed by atoms with van der Waals surface area (Å²) in [5.41, 5.74) is 3.74.